The van der Waals surface area contributed by atoms with Gasteiger partial charge >= 0.3 is 11.9 Å². The molecule has 0 amide bonds. The van der Waals surface area contributed by atoms with Crippen LogP contribution in [-0.2, 0) is 14.3 Å². The Kier molecular flexibility index (Phi) is 16.5. The van der Waals surface area contributed by atoms with E-state index >= 15 is 0 Å². The van der Waals surface area contributed by atoms with Gasteiger partial charge in [0.1, 0.15) is 0 Å². The van der Waals surface area contributed by atoms with Crippen LogP contribution in [0.15, 0.2) is 23.8 Å². The van der Waals surface area contributed by atoms with Crippen molar-refractivity contribution in [1.82, 2.24) is 0 Å². The number of carboxylic acid groups (broad SMARTS) is 1. The molecule has 0 saturated carbocycles. The highest BCUT2D eigenvalue weighted by atomic mass is 16.5. The molecular formula is C26H48O4. The first-order chi connectivity index (χ1) is 13.7. The van der Waals surface area contributed by atoms with Crippen molar-refractivity contribution in [3.05, 3.63) is 23.8 Å². The first kappa shape index (κ1) is 30.6. The number of carbonyl (C=O) groups is 2. The minimum atomic E-state index is -0.722. The molecule has 3 rings (SSSR count). The molecule has 3 atom stereocenters. The van der Waals surface area contributed by atoms with Crippen LogP contribution < -0.4 is 0 Å². The monoisotopic (exact) mass is 424 g/mol. The summed E-state index contributed by atoms with van der Waals surface area (Å²) in [5, 5.41) is 8.44. The number of hydrogen-bond acceptors (Lipinski definition) is 3. The van der Waals surface area contributed by atoms with Crippen molar-refractivity contribution in [1.29, 1.82) is 0 Å². The van der Waals surface area contributed by atoms with E-state index in [4.69, 9.17) is 5.11 Å². The molecule has 4 nitrogen and oxygen atoms in total. The Morgan fingerprint density at radius 3 is 2.23 bits per heavy atom. The highest BCUT2D eigenvalue weighted by Crippen LogP contribution is 2.39. The molecular weight excluding hydrogens is 376 g/mol. The fourth-order valence-corrected chi connectivity index (χ4v) is 3.27. The standard InChI is InChI=1S/C12H18.C6H12O2.C5H8O2.C2H6.CH4/c1-9-7-8-11-5-3-4-6-12(11)10(9)2;1-4-6(2,3)5(7)8;6-5-3-1-2-4-7-5;1-2;/h5,7-10,12H,3-4,6H2,1-2H3;4H2,1-3H3,(H,7,8);1-4H2;1-2H3;1H4. The third kappa shape index (κ3) is 11.0. The van der Waals surface area contributed by atoms with Crippen LogP contribution in [0.2, 0.25) is 0 Å². The van der Waals surface area contributed by atoms with E-state index in [9.17, 15) is 9.59 Å². The highest BCUT2D eigenvalue weighted by Gasteiger charge is 2.28. The molecule has 4 heteroatoms. The van der Waals surface area contributed by atoms with Crippen LogP contribution in [0.1, 0.15) is 101 Å². The Bertz CT molecular complexity index is 537. The Morgan fingerprint density at radius 1 is 1.20 bits per heavy atom. The lowest BCUT2D eigenvalue weighted by Crippen LogP contribution is -2.24. The number of ether oxygens (including phenoxy) is 1. The van der Waals surface area contributed by atoms with E-state index in [0.717, 1.165) is 30.6 Å². The summed E-state index contributed by atoms with van der Waals surface area (Å²) < 4.78 is 4.64. The topological polar surface area (TPSA) is 63.6 Å². The Hall–Kier alpha value is -1.58. The van der Waals surface area contributed by atoms with Gasteiger partial charge in [-0.1, -0.05) is 60.3 Å². The van der Waals surface area contributed by atoms with Gasteiger partial charge in [0, 0.05) is 6.42 Å². The fraction of sp³-hybridized carbons (Fsp3) is 0.769. The van der Waals surface area contributed by atoms with Crippen LogP contribution in [0, 0.1) is 23.2 Å². The molecule has 30 heavy (non-hydrogen) atoms. The Balaban J connectivity index is 0. The highest BCUT2D eigenvalue weighted by molar-refractivity contribution is 5.73. The van der Waals surface area contributed by atoms with Gasteiger partial charge in [-0.15, -0.1) is 0 Å². The number of hydrogen-bond donors (Lipinski definition) is 1. The van der Waals surface area contributed by atoms with Crippen molar-refractivity contribution in [2.45, 2.75) is 101 Å². The predicted molar refractivity (Wildman–Crippen MR) is 127 cm³/mol. The zero-order valence-electron chi connectivity index (χ0n) is 19.8. The van der Waals surface area contributed by atoms with E-state index in [1.54, 1.807) is 19.4 Å². The van der Waals surface area contributed by atoms with Crippen LogP contribution in [0.5, 0.6) is 0 Å². The zero-order valence-corrected chi connectivity index (χ0v) is 19.8. The molecule has 0 bridgehead atoms. The molecule has 1 heterocycles. The summed E-state index contributed by atoms with van der Waals surface area (Å²) in [6, 6.07) is 0. The lowest BCUT2D eigenvalue weighted by atomic mass is 9.71. The van der Waals surface area contributed by atoms with Crippen molar-refractivity contribution in [3.8, 4) is 0 Å². The molecule has 1 fully saturated rings. The van der Waals surface area contributed by atoms with E-state index in [2.05, 4.69) is 36.8 Å². The lowest BCUT2D eigenvalue weighted by Gasteiger charge is -2.34. The van der Waals surface area contributed by atoms with E-state index < -0.39 is 11.4 Å². The molecule has 2 aliphatic carbocycles. The van der Waals surface area contributed by atoms with E-state index in [-0.39, 0.29) is 13.4 Å². The molecule has 0 radical (unpaired) electrons. The third-order valence-corrected chi connectivity index (χ3v) is 6.08. The summed E-state index contributed by atoms with van der Waals surface area (Å²) in [6.45, 7) is 14.7. The van der Waals surface area contributed by atoms with Crippen molar-refractivity contribution >= 4 is 11.9 Å². The van der Waals surface area contributed by atoms with Gasteiger partial charge < -0.3 is 9.84 Å². The molecule has 0 aromatic heterocycles. The number of allylic oxidation sites excluding steroid dienone is 4. The third-order valence-electron chi connectivity index (χ3n) is 6.08. The summed E-state index contributed by atoms with van der Waals surface area (Å²) in [5.41, 5.74) is 1.08. The van der Waals surface area contributed by atoms with Crippen LogP contribution in [-0.4, -0.2) is 23.7 Å². The number of carbonyl (C=O) groups excluding carboxylic acids is 1. The van der Waals surface area contributed by atoms with Gasteiger partial charge in [0.15, 0.2) is 0 Å². The minimum absolute atomic E-state index is 0. The van der Waals surface area contributed by atoms with Gasteiger partial charge in [0.2, 0.25) is 0 Å². The van der Waals surface area contributed by atoms with E-state index in [1.165, 1.54) is 19.3 Å². The number of cyclic esters (lactones) is 1. The van der Waals surface area contributed by atoms with Gasteiger partial charge in [-0.2, -0.15) is 0 Å². The molecule has 1 saturated heterocycles. The lowest BCUT2D eigenvalue weighted by molar-refractivity contribution is -0.147. The summed E-state index contributed by atoms with van der Waals surface area (Å²) in [5.74, 6) is 1.76. The summed E-state index contributed by atoms with van der Waals surface area (Å²) in [6.07, 6.45) is 14.7. The number of fused-ring (bicyclic) bond motifs is 1. The van der Waals surface area contributed by atoms with Gasteiger partial charge in [0.25, 0.3) is 0 Å². The number of esters is 1. The normalized spacial score (nSPS) is 24.4. The van der Waals surface area contributed by atoms with Crippen molar-refractivity contribution in [3.63, 3.8) is 0 Å². The van der Waals surface area contributed by atoms with Crippen LogP contribution in [0.25, 0.3) is 0 Å². The first-order valence-electron chi connectivity index (χ1n) is 11.5. The second-order valence-corrected chi connectivity index (χ2v) is 8.54. The molecule has 176 valence electrons. The Morgan fingerprint density at radius 2 is 1.83 bits per heavy atom. The molecule has 0 spiro atoms. The van der Waals surface area contributed by atoms with Crippen LogP contribution in [0.3, 0.4) is 0 Å². The molecule has 0 aromatic carbocycles. The summed E-state index contributed by atoms with van der Waals surface area (Å²) in [7, 11) is 0. The average molecular weight is 425 g/mol. The number of rotatable bonds is 2. The van der Waals surface area contributed by atoms with Crippen molar-refractivity contribution in [2.75, 3.05) is 6.61 Å². The maximum Gasteiger partial charge on any atom is 0.309 e. The van der Waals surface area contributed by atoms with Crippen molar-refractivity contribution < 1.29 is 19.4 Å². The second kappa shape index (κ2) is 16.2. The van der Waals surface area contributed by atoms with E-state index in [1.807, 2.05) is 20.8 Å². The smallest absolute Gasteiger partial charge is 0.309 e. The van der Waals surface area contributed by atoms with Gasteiger partial charge in [0.05, 0.1) is 12.0 Å². The summed E-state index contributed by atoms with van der Waals surface area (Å²) in [4.78, 5) is 20.5. The largest absolute Gasteiger partial charge is 0.481 e. The first-order valence-corrected chi connectivity index (χ1v) is 11.5. The predicted octanol–water partition coefficient (Wildman–Crippen LogP) is 7.44. The molecule has 1 N–H and O–H groups in total. The SMILES string of the molecule is C.CC.CC1C=CC2=CCCCC2C1C.CCC(C)(C)C(=O)O.O=C1CCCCO1. The van der Waals surface area contributed by atoms with Gasteiger partial charge in [-0.05, 0) is 75.7 Å². The number of carboxylic acids is 1. The van der Waals surface area contributed by atoms with Gasteiger partial charge in [-0.3, -0.25) is 9.59 Å². The summed E-state index contributed by atoms with van der Waals surface area (Å²) >= 11 is 0. The maximum absolute atomic E-state index is 10.3. The van der Waals surface area contributed by atoms with Crippen LogP contribution >= 0.6 is 0 Å². The number of aliphatic carboxylic acids is 1. The quantitative estimate of drug-likeness (QED) is 0.468. The molecule has 0 aromatic rings. The second-order valence-electron chi connectivity index (χ2n) is 8.54. The fourth-order valence-electron chi connectivity index (χ4n) is 3.27. The molecule has 1 aliphatic heterocycles. The Labute approximate surface area is 186 Å². The zero-order chi connectivity index (χ0) is 22.4. The molecule has 3 unspecified atom stereocenters. The molecule has 3 aliphatic rings. The maximum atomic E-state index is 10.3. The average Bonchev–Trinajstić information content (AvgIpc) is 2.74. The van der Waals surface area contributed by atoms with Crippen molar-refractivity contribution in [2.24, 2.45) is 23.2 Å². The van der Waals surface area contributed by atoms with E-state index in [0.29, 0.717) is 19.4 Å². The van der Waals surface area contributed by atoms with Crippen LogP contribution in [0.4, 0.5) is 0 Å². The van der Waals surface area contributed by atoms with Gasteiger partial charge in [-0.25, -0.2) is 0 Å². The minimum Gasteiger partial charge on any atom is -0.481 e.